The summed E-state index contributed by atoms with van der Waals surface area (Å²) in [6, 6.07) is 71.8. The number of hydrogen-bond donors (Lipinski definition) is 0. The van der Waals surface area contributed by atoms with Gasteiger partial charge in [-0.25, -0.2) is 0 Å². The van der Waals surface area contributed by atoms with E-state index in [1.165, 1.54) is 110 Å². The van der Waals surface area contributed by atoms with Crippen LogP contribution < -0.4 is 0 Å². The Bertz CT molecular complexity index is 3790. The summed E-state index contributed by atoms with van der Waals surface area (Å²) in [5, 5.41) is 12.2. The first-order chi connectivity index (χ1) is 29.8. The number of hydrogen-bond acceptors (Lipinski definition) is 2. The molecule has 2 heterocycles. The number of aromatic nitrogens is 1. The van der Waals surface area contributed by atoms with E-state index in [0.29, 0.717) is 0 Å². The molecule has 2 aromatic heterocycles. The number of furan rings is 1. The van der Waals surface area contributed by atoms with Gasteiger partial charge in [-0.15, -0.1) is 0 Å². The molecule has 2 aliphatic carbocycles. The summed E-state index contributed by atoms with van der Waals surface area (Å²) in [5.41, 5.74) is 16.0. The molecule has 2 nitrogen and oxygen atoms in total. The predicted octanol–water partition coefficient (Wildman–Crippen LogP) is 15.3. The third kappa shape index (κ3) is 4.00. The maximum Gasteiger partial charge on any atom is 0.136 e. The summed E-state index contributed by atoms with van der Waals surface area (Å²) in [4.78, 5) is 5.16. The molecule has 0 saturated heterocycles. The lowest BCUT2D eigenvalue weighted by Crippen LogP contribution is -2.26. The summed E-state index contributed by atoms with van der Waals surface area (Å²) >= 11 is 0. The maximum absolute atomic E-state index is 6.70. The fraction of sp³-hybridized carbons (Fsp3) is 0.0172. The van der Waals surface area contributed by atoms with Gasteiger partial charge in [0, 0.05) is 22.5 Å². The van der Waals surface area contributed by atoms with Crippen molar-refractivity contribution < 1.29 is 4.42 Å². The van der Waals surface area contributed by atoms with Crippen LogP contribution in [0.25, 0.3) is 110 Å². The highest BCUT2D eigenvalue weighted by molar-refractivity contribution is 6.24. The molecule has 60 heavy (non-hydrogen) atoms. The highest BCUT2D eigenvalue weighted by Crippen LogP contribution is 2.64. The van der Waals surface area contributed by atoms with Gasteiger partial charge in [0.25, 0.3) is 0 Å². The molecule has 10 aromatic carbocycles. The SMILES string of the molecule is c1ccc2c(c1)-c1cc3oc4ccc5ccccc5c4c3cc1C21c2cc(-c3c4ccccc4c(-c4cccc5ccccc45)c4ccccc34)ccc2-c2ncccc21. The van der Waals surface area contributed by atoms with E-state index in [1.807, 2.05) is 6.20 Å². The number of rotatable bonds is 2. The summed E-state index contributed by atoms with van der Waals surface area (Å²) < 4.78 is 6.70. The van der Waals surface area contributed by atoms with E-state index in [0.717, 1.165) is 22.2 Å². The standard InChI is InChI=1S/C58H33NO/c1-3-16-37-34(13-1)15-11-23-40(37)55-43-21-7-5-19-41(43)54(42-20-6-8-22-44(42)55)36-26-28-45-50(31-36)58(49-25-12-30-59-57(45)49)48-24-10-9-18-39(48)46-33-53-47(32-51(46)58)56-38-17-4-2-14-35(38)27-29-52(56)60-53/h1-33H. The molecule has 0 aliphatic heterocycles. The molecule has 0 fully saturated rings. The second-order valence-corrected chi connectivity index (χ2v) is 16.5. The van der Waals surface area contributed by atoms with Crippen LogP contribution in [0.4, 0.5) is 0 Å². The smallest absolute Gasteiger partial charge is 0.136 e. The molecular formula is C58H33NO. The van der Waals surface area contributed by atoms with Gasteiger partial charge in [0.05, 0.1) is 11.1 Å². The molecule has 2 aliphatic rings. The highest BCUT2D eigenvalue weighted by Gasteiger charge is 2.52. The summed E-state index contributed by atoms with van der Waals surface area (Å²) in [6.07, 6.45) is 1.95. The fourth-order valence-electron chi connectivity index (χ4n) is 11.4. The van der Waals surface area contributed by atoms with Gasteiger partial charge in [0.1, 0.15) is 11.2 Å². The Balaban J connectivity index is 1.09. The van der Waals surface area contributed by atoms with Gasteiger partial charge in [0.2, 0.25) is 0 Å². The second-order valence-electron chi connectivity index (χ2n) is 16.5. The van der Waals surface area contributed by atoms with Crippen molar-refractivity contribution in [2.24, 2.45) is 0 Å². The molecule has 0 amide bonds. The number of fused-ring (bicyclic) bond motifs is 18. The Labute approximate surface area is 345 Å². The number of benzene rings is 10. The quantitative estimate of drug-likeness (QED) is 0.164. The van der Waals surface area contributed by atoms with Crippen molar-refractivity contribution in [2.45, 2.75) is 5.41 Å². The lowest BCUT2D eigenvalue weighted by atomic mass is 9.70. The summed E-state index contributed by atoms with van der Waals surface area (Å²) in [6.45, 7) is 0. The van der Waals surface area contributed by atoms with E-state index in [1.54, 1.807) is 0 Å². The van der Waals surface area contributed by atoms with Crippen LogP contribution in [0.3, 0.4) is 0 Å². The molecule has 14 rings (SSSR count). The lowest BCUT2D eigenvalue weighted by Gasteiger charge is -2.30. The summed E-state index contributed by atoms with van der Waals surface area (Å²) in [5.74, 6) is 0. The molecule has 276 valence electrons. The maximum atomic E-state index is 6.70. The third-order valence-corrected chi connectivity index (χ3v) is 13.7. The third-order valence-electron chi connectivity index (χ3n) is 13.7. The molecule has 1 atom stereocenters. The van der Waals surface area contributed by atoms with E-state index in [2.05, 4.69) is 194 Å². The van der Waals surface area contributed by atoms with Crippen molar-refractivity contribution >= 4 is 65.0 Å². The molecule has 0 radical (unpaired) electrons. The minimum Gasteiger partial charge on any atom is -0.456 e. The van der Waals surface area contributed by atoms with Crippen LogP contribution in [0.15, 0.2) is 205 Å². The first kappa shape index (κ1) is 32.2. The number of nitrogens with zero attached hydrogens (tertiary/aromatic N) is 1. The molecule has 1 unspecified atom stereocenters. The van der Waals surface area contributed by atoms with Crippen molar-refractivity contribution in [2.75, 3.05) is 0 Å². The van der Waals surface area contributed by atoms with Gasteiger partial charge in [-0.05, 0) is 129 Å². The summed E-state index contributed by atoms with van der Waals surface area (Å²) in [7, 11) is 0. The van der Waals surface area contributed by atoms with E-state index in [4.69, 9.17) is 9.40 Å². The zero-order valence-electron chi connectivity index (χ0n) is 32.4. The molecule has 12 aromatic rings. The first-order valence-corrected chi connectivity index (χ1v) is 20.8. The highest BCUT2D eigenvalue weighted by atomic mass is 16.3. The van der Waals surface area contributed by atoms with Crippen LogP contribution in [0.5, 0.6) is 0 Å². The van der Waals surface area contributed by atoms with Crippen LogP contribution in [0, 0.1) is 0 Å². The van der Waals surface area contributed by atoms with Crippen LogP contribution >= 0.6 is 0 Å². The zero-order valence-corrected chi connectivity index (χ0v) is 32.4. The van der Waals surface area contributed by atoms with Crippen molar-refractivity contribution in [1.82, 2.24) is 4.98 Å². The molecule has 1 spiro atoms. The minimum atomic E-state index is -0.586. The van der Waals surface area contributed by atoms with E-state index in [-0.39, 0.29) is 0 Å². The Morgan fingerprint density at radius 3 is 1.77 bits per heavy atom. The van der Waals surface area contributed by atoms with E-state index >= 15 is 0 Å². The Hall–Kier alpha value is -7.81. The van der Waals surface area contributed by atoms with E-state index in [9.17, 15) is 0 Å². The Morgan fingerprint density at radius 1 is 0.350 bits per heavy atom. The van der Waals surface area contributed by atoms with Gasteiger partial charge in [-0.2, -0.15) is 0 Å². The zero-order chi connectivity index (χ0) is 39.1. The fourth-order valence-corrected chi connectivity index (χ4v) is 11.4. The largest absolute Gasteiger partial charge is 0.456 e. The number of pyridine rings is 1. The first-order valence-electron chi connectivity index (χ1n) is 20.8. The Kier molecular flexibility index (Phi) is 6.25. The molecule has 0 saturated carbocycles. The van der Waals surface area contributed by atoms with Crippen molar-refractivity contribution in [3.05, 3.63) is 223 Å². The predicted molar refractivity (Wildman–Crippen MR) is 249 cm³/mol. The Morgan fingerprint density at radius 2 is 0.967 bits per heavy atom. The average Bonchev–Trinajstić information content (AvgIpc) is 3.93. The average molecular weight is 760 g/mol. The van der Waals surface area contributed by atoms with E-state index < -0.39 is 5.41 Å². The van der Waals surface area contributed by atoms with Crippen molar-refractivity contribution in [3.8, 4) is 44.6 Å². The van der Waals surface area contributed by atoms with Crippen LogP contribution in [0.1, 0.15) is 22.3 Å². The normalized spacial score (nSPS) is 15.1. The van der Waals surface area contributed by atoms with Gasteiger partial charge in [-0.3, -0.25) is 4.98 Å². The van der Waals surface area contributed by atoms with Crippen molar-refractivity contribution in [3.63, 3.8) is 0 Å². The van der Waals surface area contributed by atoms with Crippen LogP contribution in [-0.4, -0.2) is 4.98 Å². The second kappa shape index (κ2) is 11.7. The van der Waals surface area contributed by atoms with Crippen LogP contribution in [-0.2, 0) is 5.41 Å². The monoisotopic (exact) mass is 759 g/mol. The topological polar surface area (TPSA) is 26.0 Å². The molecular weight excluding hydrogens is 727 g/mol. The van der Waals surface area contributed by atoms with Crippen molar-refractivity contribution in [1.29, 1.82) is 0 Å². The molecule has 0 N–H and O–H groups in total. The lowest BCUT2D eigenvalue weighted by molar-refractivity contribution is 0.669. The van der Waals surface area contributed by atoms with Gasteiger partial charge >= 0.3 is 0 Å². The van der Waals surface area contributed by atoms with Crippen LogP contribution in [0.2, 0.25) is 0 Å². The van der Waals surface area contributed by atoms with Gasteiger partial charge in [-0.1, -0.05) is 164 Å². The van der Waals surface area contributed by atoms with Gasteiger partial charge < -0.3 is 4.42 Å². The minimum absolute atomic E-state index is 0.586. The molecule has 2 heteroatoms. The molecule has 0 bridgehead atoms. The van der Waals surface area contributed by atoms with Gasteiger partial charge in [0.15, 0.2) is 0 Å².